The van der Waals surface area contributed by atoms with E-state index in [0.29, 0.717) is 30.7 Å². The normalized spacial score (nSPS) is 21.5. The van der Waals surface area contributed by atoms with Crippen LogP contribution >= 0.6 is 0 Å². The number of nitrogens with one attached hydrogen (secondary N) is 2. The van der Waals surface area contributed by atoms with E-state index in [1.165, 1.54) is 12.1 Å². The first-order valence-corrected chi connectivity index (χ1v) is 9.01. The van der Waals surface area contributed by atoms with E-state index in [4.69, 9.17) is 4.74 Å². The van der Waals surface area contributed by atoms with E-state index in [1.54, 1.807) is 12.1 Å². The van der Waals surface area contributed by atoms with E-state index in [0.717, 1.165) is 17.7 Å². The molecule has 0 bridgehead atoms. The zero-order chi connectivity index (χ0) is 19.0. The Hall–Kier alpha value is -2.74. The molecule has 0 saturated carbocycles. The second kappa shape index (κ2) is 7.11. The van der Waals surface area contributed by atoms with Crippen LogP contribution < -0.4 is 10.9 Å². The average molecular weight is 373 g/mol. The highest BCUT2D eigenvalue weighted by Crippen LogP contribution is 2.27. The number of nitrogens with zero attached hydrogens (tertiary/aromatic N) is 1. The van der Waals surface area contributed by atoms with Crippen LogP contribution in [0.5, 0.6) is 0 Å². The average Bonchev–Trinajstić information content (AvgIpc) is 2.66. The van der Waals surface area contributed by atoms with Crippen molar-refractivity contribution in [1.82, 2.24) is 15.2 Å². The molecular formula is C19H20FN3O4. The van der Waals surface area contributed by atoms with E-state index < -0.39 is 17.4 Å². The highest BCUT2D eigenvalue weighted by Gasteiger charge is 2.39. The molecule has 2 aliphatic rings. The molecule has 1 aromatic carbocycles. The summed E-state index contributed by atoms with van der Waals surface area (Å²) in [6.45, 7) is 1.42. The van der Waals surface area contributed by atoms with Gasteiger partial charge < -0.3 is 15.0 Å². The number of carbonyl (C=O) groups excluding carboxylic acids is 2. The van der Waals surface area contributed by atoms with Gasteiger partial charge in [0.25, 0.3) is 5.56 Å². The minimum absolute atomic E-state index is 0.118. The van der Waals surface area contributed by atoms with Crippen molar-refractivity contribution in [2.24, 2.45) is 11.8 Å². The molecule has 142 valence electrons. The van der Waals surface area contributed by atoms with Gasteiger partial charge in [0.05, 0.1) is 18.0 Å². The van der Waals surface area contributed by atoms with Gasteiger partial charge in [-0.3, -0.25) is 14.5 Å². The summed E-state index contributed by atoms with van der Waals surface area (Å²) in [5.41, 5.74) is 0.213. The molecule has 27 heavy (non-hydrogen) atoms. The summed E-state index contributed by atoms with van der Waals surface area (Å²) in [6, 6.07) is 5.17. The maximum Gasteiger partial charge on any atom is 0.324 e. The van der Waals surface area contributed by atoms with Crippen molar-refractivity contribution in [1.29, 1.82) is 0 Å². The van der Waals surface area contributed by atoms with Gasteiger partial charge in [-0.15, -0.1) is 0 Å². The highest BCUT2D eigenvalue weighted by molar-refractivity contribution is 5.98. The molecule has 0 radical (unpaired) electrons. The Kier molecular flexibility index (Phi) is 4.65. The Balaban J connectivity index is 1.60. The maximum atomic E-state index is 13.3. The van der Waals surface area contributed by atoms with Gasteiger partial charge in [-0.1, -0.05) is 0 Å². The molecule has 0 spiro atoms. The number of imide groups is 1. The molecule has 7 nitrogen and oxygen atoms in total. The van der Waals surface area contributed by atoms with Gasteiger partial charge >= 0.3 is 6.03 Å². The standard InChI is InChI=1S/C19H20FN3O4/c20-14-2-1-12-7-13(17(24)22-16(12)8-14)10-23-18(25)15(9-21-19(23)26)11-3-5-27-6-4-11/h1-2,7-8,11,15H,3-6,9-10H2,(H,21,26)(H,22,24). The van der Waals surface area contributed by atoms with Crippen molar-refractivity contribution in [3.05, 3.63) is 46.0 Å². The zero-order valence-corrected chi connectivity index (χ0v) is 14.7. The third kappa shape index (κ3) is 3.44. The van der Waals surface area contributed by atoms with Gasteiger partial charge in [-0.25, -0.2) is 9.18 Å². The number of benzene rings is 1. The lowest BCUT2D eigenvalue weighted by Crippen LogP contribution is -2.56. The topological polar surface area (TPSA) is 91.5 Å². The number of H-pyrrole nitrogens is 1. The Morgan fingerprint density at radius 3 is 2.70 bits per heavy atom. The van der Waals surface area contributed by atoms with Gasteiger partial charge in [-0.2, -0.15) is 0 Å². The number of rotatable bonds is 3. The third-order valence-electron chi connectivity index (χ3n) is 5.35. The van der Waals surface area contributed by atoms with Crippen LogP contribution in [0.1, 0.15) is 18.4 Å². The largest absolute Gasteiger partial charge is 0.381 e. The Labute approximate surface area is 154 Å². The van der Waals surface area contributed by atoms with Gasteiger partial charge in [0, 0.05) is 25.3 Å². The lowest BCUT2D eigenvalue weighted by atomic mass is 9.84. The Morgan fingerprint density at radius 1 is 1.15 bits per heavy atom. The van der Waals surface area contributed by atoms with Crippen molar-refractivity contribution in [3.8, 4) is 0 Å². The molecule has 1 unspecified atom stereocenters. The fraction of sp³-hybridized carbons (Fsp3) is 0.421. The summed E-state index contributed by atoms with van der Waals surface area (Å²) in [7, 11) is 0. The van der Waals surface area contributed by atoms with Gasteiger partial charge in [0.1, 0.15) is 5.82 Å². The summed E-state index contributed by atoms with van der Waals surface area (Å²) in [5.74, 6) is -0.854. The molecule has 8 heteroatoms. The molecule has 0 aliphatic carbocycles. The summed E-state index contributed by atoms with van der Waals surface area (Å²) >= 11 is 0. The van der Waals surface area contributed by atoms with E-state index in [-0.39, 0.29) is 29.9 Å². The van der Waals surface area contributed by atoms with Crippen LogP contribution in [-0.4, -0.2) is 41.6 Å². The lowest BCUT2D eigenvalue weighted by Gasteiger charge is -2.36. The second-order valence-corrected chi connectivity index (χ2v) is 7.02. The number of aromatic nitrogens is 1. The minimum atomic E-state index is -0.498. The molecule has 2 aliphatic heterocycles. The number of pyridine rings is 1. The number of halogens is 1. The number of aromatic amines is 1. The predicted molar refractivity (Wildman–Crippen MR) is 95.5 cm³/mol. The van der Waals surface area contributed by atoms with Crippen molar-refractivity contribution >= 4 is 22.8 Å². The fourth-order valence-electron chi connectivity index (χ4n) is 3.82. The second-order valence-electron chi connectivity index (χ2n) is 7.02. The number of urea groups is 1. The molecule has 2 saturated heterocycles. The number of fused-ring (bicyclic) bond motifs is 1. The van der Waals surface area contributed by atoms with Crippen LogP contribution in [-0.2, 0) is 16.1 Å². The van der Waals surface area contributed by atoms with Gasteiger partial charge in [-0.05, 0) is 48.4 Å². The molecular weight excluding hydrogens is 353 g/mol. The first kappa shape index (κ1) is 17.7. The maximum absolute atomic E-state index is 13.3. The molecule has 1 atom stereocenters. The summed E-state index contributed by atoms with van der Waals surface area (Å²) < 4.78 is 18.7. The van der Waals surface area contributed by atoms with Crippen LogP contribution in [0.3, 0.4) is 0 Å². The fourth-order valence-corrected chi connectivity index (χ4v) is 3.82. The summed E-state index contributed by atoms with van der Waals surface area (Å²) in [6.07, 6.45) is 1.56. The predicted octanol–water partition coefficient (Wildman–Crippen LogP) is 1.76. The van der Waals surface area contributed by atoms with Gasteiger partial charge in [0.15, 0.2) is 0 Å². The van der Waals surface area contributed by atoms with E-state index in [1.807, 2.05) is 0 Å². The summed E-state index contributed by atoms with van der Waals surface area (Å²) in [5, 5.41) is 3.39. The molecule has 3 heterocycles. The highest BCUT2D eigenvalue weighted by atomic mass is 19.1. The number of ether oxygens (including phenoxy) is 1. The lowest BCUT2D eigenvalue weighted by molar-refractivity contribution is -0.137. The molecule has 2 N–H and O–H groups in total. The van der Waals surface area contributed by atoms with Crippen LogP contribution in [0.2, 0.25) is 0 Å². The SMILES string of the molecule is O=C1NCC(C2CCOCC2)C(=O)N1Cc1cc2ccc(F)cc2[nH]c1=O. The quantitative estimate of drug-likeness (QED) is 0.858. The van der Waals surface area contributed by atoms with Crippen LogP contribution in [0.4, 0.5) is 9.18 Å². The van der Waals surface area contributed by atoms with Crippen LogP contribution in [0.25, 0.3) is 10.9 Å². The zero-order valence-electron chi connectivity index (χ0n) is 14.7. The van der Waals surface area contributed by atoms with Crippen LogP contribution in [0.15, 0.2) is 29.1 Å². The Bertz CT molecular complexity index is 952. The first-order chi connectivity index (χ1) is 13.0. The Morgan fingerprint density at radius 2 is 1.93 bits per heavy atom. The molecule has 2 aromatic rings. The van der Waals surface area contributed by atoms with E-state index in [9.17, 15) is 18.8 Å². The molecule has 4 rings (SSSR count). The van der Waals surface area contributed by atoms with Crippen LogP contribution in [0, 0.1) is 17.7 Å². The number of amides is 3. The van der Waals surface area contributed by atoms with E-state index >= 15 is 0 Å². The van der Waals surface area contributed by atoms with Crippen molar-refractivity contribution in [3.63, 3.8) is 0 Å². The third-order valence-corrected chi connectivity index (χ3v) is 5.35. The number of hydrogen-bond donors (Lipinski definition) is 2. The smallest absolute Gasteiger partial charge is 0.324 e. The van der Waals surface area contributed by atoms with Crippen molar-refractivity contribution in [2.45, 2.75) is 19.4 Å². The van der Waals surface area contributed by atoms with Crippen molar-refractivity contribution in [2.75, 3.05) is 19.8 Å². The summed E-state index contributed by atoms with van der Waals surface area (Å²) in [4.78, 5) is 41.2. The molecule has 1 aromatic heterocycles. The van der Waals surface area contributed by atoms with E-state index in [2.05, 4.69) is 10.3 Å². The first-order valence-electron chi connectivity index (χ1n) is 9.01. The molecule has 2 fully saturated rings. The van der Waals surface area contributed by atoms with Gasteiger partial charge in [0.2, 0.25) is 5.91 Å². The number of hydrogen-bond acceptors (Lipinski definition) is 4. The monoisotopic (exact) mass is 373 g/mol. The molecule has 3 amide bonds. The number of carbonyl (C=O) groups is 2. The minimum Gasteiger partial charge on any atom is -0.381 e. The van der Waals surface area contributed by atoms with Crippen molar-refractivity contribution < 1.29 is 18.7 Å².